The zero-order valence-corrected chi connectivity index (χ0v) is 15.8. The summed E-state index contributed by atoms with van der Waals surface area (Å²) in [7, 11) is 0. The van der Waals surface area contributed by atoms with Gasteiger partial charge in [0, 0.05) is 21.8 Å². The number of thioether (sulfide) groups is 1. The van der Waals surface area contributed by atoms with Crippen molar-refractivity contribution in [2.45, 2.75) is 42.0 Å². The minimum Gasteiger partial charge on any atom is -0.481 e. The maximum atomic E-state index is 12.2. The number of likely N-dealkylation sites (N-methyl/N-ethyl adjacent to an activating group) is 1. The zero-order valence-electron chi connectivity index (χ0n) is 15.0. The molecule has 2 unspecified atom stereocenters. The van der Waals surface area contributed by atoms with Crippen molar-refractivity contribution in [3.63, 3.8) is 0 Å². The molecule has 0 amide bonds. The largest absolute Gasteiger partial charge is 0.481 e. The van der Waals surface area contributed by atoms with Crippen molar-refractivity contribution >= 4 is 17.7 Å². The summed E-state index contributed by atoms with van der Waals surface area (Å²) >= 11 is 1.90. The number of fused-ring (bicyclic) bond motifs is 7. The molecular weight excluding hydrogens is 342 g/mol. The molecule has 3 aliphatic rings. The Bertz CT molecular complexity index is 848. The first-order chi connectivity index (χ1) is 12.7. The number of carboxylic acids is 1. The standard InChI is InChI=1S/C22H23NO2S/c1-2-23-13-7-9-16(21(24)25)20(23)22(23)17-10-4-3-8-15(17)14-26-19-12-6-5-11-18(19)22/h3-6,8,10-12,16,20H,2,7,9,13-14H2,1H3/p+1/t16?,20?,22-,23-/m1/s1. The number of carboxylic acid groups (broad SMARTS) is 1. The van der Waals surface area contributed by atoms with E-state index in [1.165, 1.54) is 21.6 Å². The van der Waals surface area contributed by atoms with Gasteiger partial charge in [0.2, 0.25) is 5.54 Å². The number of aliphatic carboxylic acids is 1. The normalized spacial score (nSPS) is 34.3. The third kappa shape index (κ3) is 1.82. The summed E-state index contributed by atoms with van der Waals surface area (Å²) in [5, 5.41) is 10.0. The number of hydrogen-bond donors (Lipinski definition) is 1. The van der Waals surface area contributed by atoms with E-state index in [1.807, 2.05) is 11.8 Å². The van der Waals surface area contributed by atoms with E-state index in [2.05, 4.69) is 55.5 Å². The van der Waals surface area contributed by atoms with E-state index in [-0.39, 0.29) is 17.5 Å². The fraction of sp³-hybridized carbons (Fsp3) is 0.409. The predicted octanol–water partition coefficient (Wildman–Crippen LogP) is 4.25. The van der Waals surface area contributed by atoms with Gasteiger partial charge < -0.3 is 5.11 Å². The highest BCUT2D eigenvalue weighted by atomic mass is 32.2. The molecule has 4 atom stereocenters. The fourth-order valence-corrected chi connectivity index (χ4v) is 7.26. The summed E-state index contributed by atoms with van der Waals surface area (Å²) < 4.78 is 0.915. The van der Waals surface area contributed by atoms with Gasteiger partial charge in [-0.05, 0) is 31.4 Å². The Balaban J connectivity index is 1.84. The molecule has 3 aliphatic heterocycles. The van der Waals surface area contributed by atoms with E-state index < -0.39 is 5.97 Å². The van der Waals surface area contributed by atoms with Crippen LogP contribution in [0.25, 0.3) is 0 Å². The van der Waals surface area contributed by atoms with Crippen LogP contribution in [-0.2, 0) is 16.1 Å². The monoisotopic (exact) mass is 366 g/mol. The minimum atomic E-state index is -0.616. The van der Waals surface area contributed by atoms with E-state index in [1.54, 1.807) is 0 Å². The molecule has 1 N–H and O–H groups in total. The molecule has 5 rings (SSSR count). The summed E-state index contributed by atoms with van der Waals surface area (Å²) in [5.74, 6) is 0.0885. The molecule has 0 aromatic heterocycles. The molecule has 1 spiro atoms. The highest BCUT2D eigenvalue weighted by molar-refractivity contribution is 7.98. The summed E-state index contributed by atoms with van der Waals surface area (Å²) in [5.41, 5.74) is 3.91. The molecule has 4 heteroatoms. The smallest absolute Gasteiger partial charge is 0.312 e. The van der Waals surface area contributed by atoms with Gasteiger partial charge >= 0.3 is 5.97 Å². The SMILES string of the molecule is CC[N@@+]12CCCC(C(=O)O)C1[C@]21c2ccccc2CSc2ccccc21. The Morgan fingerprint density at radius 2 is 1.92 bits per heavy atom. The minimum absolute atomic E-state index is 0.153. The van der Waals surface area contributed by atoms with Gasteiger partial charge in [0.25, 0.3) is 0 Å². The van der Waals surface area contributed by atoms with Gasteiger partial charge in [-0.25, -0.2) is 0 Å². The molecule has 0 saturated carbocycles. The first-order valence-electron chi connectivity index (χ1n) is 9.57. The average Bonchev–Trinajstić information content (AvgIpc) is 3.34. The summed E-state index contributed by atoms with van der Waals surface area (Å²) in [6.07, 6.45) is 1.81. The lowest BCUT2D eigenvalue weighted by Gasteiger charge is -2.29. The lowest BCUT2D eigenvalue weighted by molar-refractivity contribution is -0.846. The first-order valence-corrected chi connectivity index (χ1v) is 10.6. The summed E-state index contributed by atoms with van der Waals surface area (Å²) in [6.45, 7) is 4.31. The van der Waals surface area contributed by atoms with Crippen molar-refractivity contribution in [3.8, 4) is 0 Å². The first kappa shape index (κ1) is 16.4. The quantitative estimate of drug-likeness (QED) is 0.638. The van der Waals surface area contributed by atoms with Crippen molar-refractivity contribution in [1.82, 2.24) is 0 Å². The maximum Gasteiger partial charge on any atom is 0.312 e. The molecular formula is C22H24NO2S+. The van der Waals surface area contributed by atoms with Gasteiger partial charge in [-0.2, -0.15) is 0 Å². The molecule has 3 nitrogen and oxygen atoms in total. The van der Waals surface area contributed by atoms with Crippen LogP contribution >= 0.6 is 11.8 Å². The molecule has 2 aromatic rings. The Hall–Kier alpha value is -1.78. The van der Waals surface area contributed by atoms with Gasteiger partial charge in [0.05, 0.1) is 13.1 Å². The Morgan fingerprint density at radius 1 is 1.19 bits per heavy atom. The van der Waals surface area contributed by atoms with E-state index in [0.717, 1.165) is 36.2 Å². The van der Waals surface area contributed by atoms with Crippen LogP contribution in [0.1, 0.15) is 36.5 Å². The Morgan fingerprint density at radius 3 is 2.69 bits per heavy atom. The van der Waals surface area contributed by atoms with E-state index in [4.69, 9.17) is 0 Å². The average molecular weight is 367 g/mol. The molecule has 26 heavy (non-hydrogen) atoms. The molecule has 134 valence electrons. The number of piperidine rings is 1. The van der Waals surface area contributed by atoms with E-state index >= 15 is 0 Å². The van der Waals surface area contributed by atoms with Gasteiger partial charge in [0.15, 0.2) is 6.04 Å². The lowest BCUT2D eigenvalue weighted by atomic mass is 9.80. The van der Waals surface area contributed by atoms with Crippen LogP contribution in [0.2, 0.25) is 0 Å². The van der Waals surface area contributed by atoms with Crippen LogP contribution in [0.15, 0.2) is 53.4 Å². The number of rotatable bonds is 2. The third-order valence-electron chi connectivity index (χ3n) is 7.04. The molecule has 0 bridgehead atoms. The molecule has 2 fully saturated rings. The van der Waals surface area contributed by atoms with Crippen LogP contribution in [0.3, 0.4) is 0 Å². The second-order valence-corrected chi connectivity index (χ2v) is 8.83. The van der Waals surface area contributed by atoms with Crippen molar-refractivity contribution in [2.24, 2.45) is 5.92 Å². The summed E-state index contributed by atoms with van der Waals surface area (Å²) in [4.78, 5) is 13.5. The zero-order chi connectivity index (χ0) is 17.9. The molecule has 2 saturated heterocycles. The third-order valence-corrected chi connectivity index (χ3v) is 8.16. The number of carbonyl (C=O) groups is 1. The van der Waals surface area contributed by atoms with Crippen LogP contribution in [0, 0.1) is 5.92 Å². The van der Waals surface area contributed by atoms with Crippen LogP contribution in [0.4, 0.5) is 0 Å². The molecule has 0 aliphatic carbocycles. The van der Waals surface area contributed by atoms with Gasteiger partial charge in [-0.15, -0.1) is 11.8 Å². The van der Waals surface area contributed by atoms with Crippen molar-refractivity contribution in [3.05, 3.63) is 65.2 Å². The number of hydrogen-bond acceptors (Lipinski definition) is 2. The van der Waals surface area contributed by atoms with E-state index in [9.17, 15) is 9.90 Å². The van der Waals surface area contributed by atoms with Gasteiger partial charge in [-0.1, -0.05) is 42.5 Å². The predicted molar refractivity (Wildman–Crippen MR) is 103 cm³/mol. The van der Waals surface area contributed by atoms with E-state index in [0.29, 0.717) is 0 Å². The number of benzene rings is 2. The number of nitrogens with zero attached hydrogens (tertiary/aromatic N) is 1. The topological polar surface area (TPSA) is 37.3 Å². The second-order valence-electron chi connectivity index (χ2n) is 7.81. The maximum absolute atomic E-state index is 12.2. The van der Waals surface area contributed by atoms with Crippen LogP contribution in [-0.4, -0.2) is 34.7 Å². The Labute approximate surface area is 158 Å². The highest BCUT2D eigenvalue weighted by Crippen LogP contribution is 2.69. The Kier molecular flexibility index (Phi) is 3.54. The molecule has 3 heterocycles. The number of quaternary nitrogens is 1. The van der Waals surface area contributed by atoms with Crippen molar-refractivity contribution in [1.29, 1.82) is 0 Å². The van der Waals surface area contributed by atoms with Crippen LogP contribution < -0.4 is 0 Å². The summed E-state index contributed by atoms with van der Waals surface area (Å²) in [6, 6.07) is 17.6. The van der Waals surface area contributed by atoms with Crippen LogP contribution in [0.5, 0.6) is 0 Å². The van der Waals surface area contributed by atoms with Crippen molar-refractivity contribution in [2.75, 3.05) is 13.1 Å². The highest BCUT2D eigenvalue weighted by Gasteiger charge is 2.84. The fourth-order valence-electron chi connectivity index (χ4n) is 6.14. The lowest BCUT2D eigenvalue weighted by Crippen LogP contribution is -2.41. The van der Waals surface area contributed by atoms with Gasteiger partial charge in [-0.3, -0.25) is 9.28 Å². The van der Waals surface area contributed by atoms with Gasteiger partial charge in [0.1, 0.15) is 5.92 Å². The molecule has 0 radical (unpaired) electrons. The second kappa shape index (κ2) is 5.61. The molecule has 2 aromatic carbocycles. The van der Waals surface area contributed by atoms with Crippen molar-refractivity contribution < 1.29 is 14.4 Å².